The van der Waals surface area contributed by atoms with Gasteiger partial charge in [-0.1, -0.05) is 24.3 Å². The average molecular weight is 287 g/mol. The van der Waals surface area contributed by atoms with Gasteiger partial charge in [0.2, 0.25) is 0 Å². The molecule has 2 rings (SSSR count). The summed E-state index contributed by atoms with van der Waals surface area (Å²) in [6.45, 7) is 1.40. The Kier molecular flexibility index (Phi) is 5.51. The van der Waals surface area contributed by atoms with Gasteiger partial charge in [-0.05, 0) is 30.7 Å². The quantitative estimate of drug-likeness (QED) is 0.766. The Morgan fingerprint density at radius 1 is 1.29 bits per heavy atom. The number of hydrogen-bond donors (Lipinski definition) is 2. The number of pyridine rings is 1. The molecule has 2 aromatic rings. The maximum atomic E-state index is 12.1. The van der Waals surface area contributed by atoms with Crippen LogP contribution in [0.25, 0.3) is 10.8 Å². The fraction of sp³-hybridized carbons (Fsp3) is 0.375. The summed E-state index contributed by atoms with van der Waals surface area (Å²) in [4.78, 5) is 16.3. The summed E-state index contributed by atoms with van der Waals surface area (Å²) in [6, 6.07) is 9.41. The Morgan fingerprint density at radius 3 is 2.90 bits per heavy atom. The molecular formula is C16H21N3O2. The van der Waals surface area contributed by atoms with Crippen LogP contribution in [-0.2, 0) is 4.74 Å². The first kappa shape index (κ1) is 15.3. The molecule has 1 amide bonds. The Balaban J connectivity index is 1.93. The van der Waals surface area contributed by atoms with Gasteiger partial charge in [-0.25, -0.2) is 4.98 Å². The van der Waals surface area contributed by atoms with E-state index in [9.17, 15) is 4.79 Å². The molecule has 0 spiro atoms. The Morgan fingerprint density at radius 2 is 2.10 bits per heavy atom. The van der Waals surface area contributed by atoms with Crippen LogP contribution in [0.1, 0.15) is 29.8 Å². The van der Waals surface area contributed by atoms with Crippen LogP contribution >= 0.6 is 0 Å². The molecule has 0 atom stereocenters. The lowest BCUT2D eigenvalue weighted by molar-refractivity contribution is 0.0948. The highest BCUT2D eigenvalue weighted by atomic mass is 16.5. The van der Waals surface area contributed by atoms with Gasteiger partial charge in [0.1, 0.15) is 11.5 Å². The average Bonchev–Trinajstić information content (AvgIpc) is 2.50. The van der Waals surface area contributed by atoms with E-state index >= 15 is 0 Å². The first-order chi connectivity index (χ1) is 10.2. The molecule has 5 heteroatoms. The second-order valence-electron chi connectivity index (χ2n) is 4.92. The zero-order valence-corrected chi connectivity index (χ0v) is 12.3. The summed E-state index contributed by atoms with van der Waals surface area (Å²) < 4.78 is 4.98. The number of nitrogen functional groups attached to an aromatic ring is 1. The summed E-state index contributed by atoms with van der Waals surface area (Å²) in [5.41, 5.74) is 6.26. The number of carbonyl (C=O) groups excluding carboxylic acids is 1. The zero-order chi connectivity index (χ0) is 15.1. The third-order valence-corrected chi connectivity index (χ3v) is 3.31. The summed E-state index contributed by atoms with van der Waals surface area (Å²) in [5.74, 6) is 0.206. The largest absolute Gasteiger partial charge is 0.385 e. The van der Waals surface area contributed by atoms with Crippen LogP contribution in [0.15, 0.2) is 30.3 Å². The molecule has 0 saturated carbocycles. The van der Waals surface area contributed by atoms with Gasteiger partial charge < -0.3 is 15.8 Å². The Hall–Kier alpha value is -2.14. The van der Waals surface area contributed by atoms with Gasteiger partial charge >= 0.3 is 0 Å². The molecule has 0 unspecified atom stereocenters. The van der Waals surface area contributed by atoms with E-state index in [-0.39, 0.29) is 5.91 Å². The number of nitrogens with one attached hydrogen (secondary N) is 1. The minimum atomic E-state index is -0.181. The number of unbranched alkanes of at least 4 members (excludes halogenated alkanes) is 2. The third-order valence-electron chi connectivity index (χ3n) is 3.31. The second-order valence-corrected chi connectivity index (χ2v) is 4.92. The van der Waals surface area contributed by atoms with Crippen molar-refractivity contribution in [2.45, 2.75) is 19.3 Å². The Labute approximate surface area is 124 Å². The minimum Gasteiger partial charge on any atom is -0.385 e. The first-order valence-corrected chi connectivity index (χ1v) is 7.15. The molecule has 3 N–H and O–H groups in total. The number of aromatic nitrogens is 1. The smallest absolute Gasteiger partial charge is 0.269 e. The van der Waals surface area contributed by atoms with Gasteiger partial charge in [0, 0.05) is 25.6 Å². The molecule has 0 bridgehead atoms. The van der Waals surface area contributed by atoms with Crippen LogP contribution in [0.5, 0.6) is 0 Å². The second kappa shape index (κ2) is 7.59. The Bertz CT molecular complexity index is 613. The fourth-order valence-corrected chi connectivity index (χ4v) is 2.18. The van der Waals surface area contributed by atoms with Crippen molar-refractivity contribution in [2.75, 3.05) is 26.0 Å². The number of rotatable bonds is 7. The normalized spacial score (nSPS) is 10.7. The monoisotopic (exact) mass is 287 g/mol. The van der Waals surface area contributed by atoms with Gasteiger partial charge in [-0.3, -0.25) is 4.79 Å². The lowest BCUT2D eigenvalue weighted by atomic mass is 10.1. The van der Waals surface area contributed by atoms with Crippen molar-refractivity contribution < 1.29 is 9.53 Å². The lowest BCUT2D eigenvalue weighted by Crippen LogP contribution is -2.25. The summed E-state index contributed by atoms with van der Waals surface area (Å²) in [5, 5.41) is 4.67. The molecule has 0 fully saturated rings. The SMILES string of the molecule is COCCCCCNC(=O)c1cc2ccccc2c(N)n1. The molecule has 0 radical (unpaired) electrons. The van der Waals surface area contributed by atoms with E-state index in [0.29, 0.717) is 18.1 Å². The van der Waals surface area contributed by atoms with Gasteiger partial charge in [0.05, 0.1) is 0 Å². The molecule has 1 heterocycles. The van der Waals surface area contributed by atoms with Gasteiger partial charge in [-0.2, -0.15) is 0 Å². The molecule has 21 heavy (non-hydrogen) atoms. The van der Waals surface area contributed by atoms with E-state index in [0.717, 1.165) is 36.6 Å². The van der Waals surface area contributed by atoms with E-state index in [1.165, 1.54) is 0 Å². The highest BCUT2D eigenvalue weighted by Crippen LogP contribution is 2.19. The molecule has 112 valence electrons. The first-order valence-electron chi connectivity index (χ1n) is 7.15. The van der Waals surface area contributed by atoms with E-state index < -0.39 is 0 Å². The highest BCUT2D eigenvalue weighted by Gasteiger charge is 2.09. The number of fused-ring (bicyclic) bond motifs is 1. The predicted molar refractivity (Wildman–Crippen MR) is 84.2 cm³/mol. The van der Waals surface area contributed by atoms with Gasteiger partial charge in [-0.15, -0.1) is 0 Å². The molecule has 0 aliphatic rings. The lowest BCUT2D eigenvalue weighted by Gasteiger charge is -2.07. The number of benzene rings is 1. The van der Waals surface area contributed by atoms with Crippen molar-refractivity contribution in [2.24, 2.45) is 0 Å². The molecular weight excluding hydrogens is 266 g/mol. The van der Waals surface area contributed by atoms with Crippen molar-refractivity contribution in [1.82, 2.24) is 10.3 Å². The number of nitrogens with zero attached hydrogens (tertiary/aromatic N) is 1. The number of anilines is 1. The van der Waals surface area contributed by atoms with Crippen molar-refractivity contribution >= 4 is 22.5 Å². The van der Waals surface area contributed by atoms with Crippen molar-refractivity contribution in [3.63, 3.8) is 0 Å². The molecule has 0 saturated heterocycles. The molecule has 5 nitrogen and oxygen atoms in total. The van der Waals surface area contributed by atoms with Crippen LogP contribution in [-0.4, -0.2) is 31.2 Å². The third kappa shape index (κ3) is 4.16. The zero-order valence-electron chi connectivity index (χ0n) is 12.3. The van der Waals surface area contributed by atoms with Crippen LogP contribution in [0, 0.1) is 0 Å². The van der Waals surface area contributed by atoms with Crippen LogP contribution in [0.4, 0.5) is 5.82 Å². The van der Waals surface area contributed by atoms with E-state index in [4.69, 9.17) is 10.5 Å². The van der Waals surface area contributed by atoms with Crippen LogP contribution < -0.4 is 11.1 Å². The summed E-state index contributed by atoms with van der Waals surface area (Å²) in [7, 11) is 1.69. The predicted octanol–water partition coefficient (Wildman–Crippen LogP) is 2.36. The number of amides is 1. The van der Waals surface area contributed by atoms with Crippen LogP contribution in [0.2, 0.25) is 0 Å². The summed E-state index contributed by atoms with van der Waals surface area (Å²) in [6.07, 6.45) is 2.97. The summed E-state index contributed by atoms with van der Waals surface area (Å²) >= 11 is 0. The van der Waals surface area contributed by atoms with E-state index in [1.807, 2.05) is 24.3 Å². The molecule has 1 aromatic carbocycles. The number of nitrogens with two attached hydrogens (primary N) is 1. The minimum absolute atomic E-state index is 0.181. The molecule has 0 aliphatic heterocycles. The van der Waals surface area contributed by atoms with Gasteiger partial charge in [0.15, 0.2) is 0 Å². The number of ether oxygens (including phenoxy) is 1. The van der Waals surface area contributed by atoms with Crippen molar-refractivity contribution in [1.29, 1.82) is 0 Å². The van der Waals surface area contributed by atoms with Gasteiger partial charge in [0.25, 0.3) is 5.91 Å². The fourth-order valence-electron chi connectivity index (χ4n) is 2.18. The van der Waals surface area contributed by atoms with Crippen molar-refractivity contribution in [3.8, 4) is 0 Å². The number of hydrogen-bond acceptors (Lipinski definition) is 4. The maximum Gasteiger partial charge on any atom is 0.269 e. The number of carbonyl (C=O) groups is 1. The topological polar surface area (TPSA) is 77.2 Å². The molecule has 0 aliphatic carbocycles. The standard InChI is InChI=1S/C16H21N3O2/c1-21-10-6-2-5-9-18-16(20)14-11-12-7-3-4-8-13(12)15(17)19-14/h3-4,7-8,11H,2,5-6,9-10H2,1H3,(H2,17,19)(H,18,20). The van der Waals surface area contributed by atoms with E-state index in [2.05, 4.69) is 10.3 Å². The molecule has 1 aromatic heterocycles. The van der Waals surface area contributed by atoms with E-state index in [1.54, 1.807) is 13.2 Å². The maximum absolute atomic E-state index is 12.1. The van der Waals surface area contributed by atoms with Crippen molar-refractivity contribution in [3.05, 3.63) is 36.0 Å². The highest BCUT2D eigenvalue weighted by molar-refractivity contribution is 5.99. The van der Waals surface area contributed by atoms with Crippen LogP contribution in [0.3, 0.4) is 0 Å². The number of methoxy groups -OCH3 is 1.